The average Bonchev–Trinajstić information content (AvgIpc) is 3.32. The number of carbonyl (C=O) groups is 2. The maximum atomic E-state index is 13.2. The van der Waals surface area contributed by atoms with E-state index < -0.39 is 30.2 Å². The minimum absolute atomic E-state index is 0.436. The normalized spacial score (nSPS) is 23.5. The summed E-state index contributed by atoms with van der Waals surface area (Å²) in [5, 5.41) is 11.2. The van der Waals surface area contributed by atoms with Crippen LogP contribution in [0.25, 0.3) is 0 Å². The summed E-state index contributed by atoms with van der Waals surface area (Å²) in [6.45, 7) is 3.75. The molecule has 0 aliphatic carbocycles. The molecule has 3 heterocycles. The molecule has 1 aromatic heterocycles. The molecule has 1 saturated heterocycles. The largest absolute Gasteiger partial charge is 0.443 e. The average molecular weight is 416 g/mol. The lowest BCUT2D eigenvalue weighted by molar-refractivity contribution is -0.146. The third kappa shape index (κ3) is 3.61. The molecule has 3 atom stereocenters. The van der Waals surface area contributed by atoms with Crippen LogP contribution in [0.4, 0.5) is 5.82 Å². The van der Waals surface area contributed by atoms with Gasteiger partial charge in [-0.05, 0) is 37.5 Å². The molecule has 1 amide bonds. The molecule has 2 unspecified atom stereocenters. The number of aromatic nitrogens is 2. The number of anilines is 1. The lowest BCUT2D eigenvalue weighted by Crippen LogP contribution is -2.41. The van der Waals surface area contributed by atoms with Crippen molar-refractivity contribution < 1.29 is 14.3 Å². The lowest BCUT2D eigenvalue weighted by Gasteiger charge is -2.30. The number of benzene rings is 1. The number of esters is 1. The minimum Gasteiger partial charge on any atom is -0.443 e. The van der Waals surface area contributed by atoms with Crippen LogP contribution in [0.5, 0.6) is 0 Å². The molecule has 1 fully saturated rings. The third-order valence-corrected chi connectivity index (χ3v) is 5.74. The van der Waals surface area contributed by atoms with Crippen LogP contribution in [0.3, 0.4) is 0 Å². The van der Waals surface area contributed by atoms with Gasteiger partial charge in [0.1, 0.15) is 11.9 Å². The van der Waals surface area contributed by atoms with E-state index in [9.17, 15) is 9.59 Å². The second kappa shape index (κ2) is 7.53. The molecule has 0 spiro atoms. The van der Waals surface area contributed by atoms with E-state index in [1.54, 1.807) is 10.9 Å². The standard InChI is InChI=1S/C20H22ClN5O3/c1-10-3-4-12(9-13(10)21)18-17(11(2)24-15-7-8-23-26(15)18)20(28)29-16-6-5-14(25-16)19(22)27/h3-4,7-9,14,16,18,24-25H,5-6H2,1-2H3,(H2,22,27)/t14-,16?,18?/m1/s1. The van der Waals surface area contributed by atoms with Crippen molar-refractivity contribution in [3.63, 3.8) is 0 Å². The van der Waals surface area contributed by atoms with E-state index in [0.29, 0.717) is 29.1 Å². The summed E-state index contributed by atoms with van der Waals surface area (Å²) < 4.78 is 7.40. The molecule has 4 N–H and O–H groups in total. The first kappa shape index (κ1) is 19.5. The Bertz CT molecular complexity index is 1020. The van der Waals surface area contributed by atoms with Crippen molar-refractivity contribution in [1.29, 1.82) is 0 Å². The Morgan fingerprint density at radius 1 is 1.28 bits per heavy atom. The van der Waals surface area contributed by atoms with E-state index in [0.717, 1.165) is 16.9 Å². The Labute approximate surface area is 173 Å². The number of allylic oxidation sites excluding steroid dienone is 1. The molecule has 1 aromatic carbocycles. The fourth-order valence-corrected chi connectivity index (χ4v) is 3.97. The van der Waals surface area contributed by atoms with Gasteiger partial charge in [-0.25, -0.2) is 9.48 Å². The van der Waals surface area contributed by atoms with E-state index in [1.165, 1.54) is 0 Å². The number of hydrogen-bond donors (Lipinski definition) is 3. The number of nitrogens with zero attached hydrogens (tertiary/aromatic N) is 2. The number of nitrogens with two attached hydrogens (primary N) is 1. The SMILES string of the molecule is CC1=C(C(=O)OC2CC[C@H](C(N)=O)N2)C(c2ccc(C)c(Cl)c2)n2nccc2N1. The van der Waals surface area contributed by atoms with E-state index in [1.807, 2.05) is 38.1 Å². The van der Waals surface area contributed by atoms with E-state index in [4.69, 9.17) is 22.1 Å². The first-order chi connectivity index (χ1) is 13.8. The molecule has 2 aliphatic rings. The third-order valence-electron chi connectivity index (χ3n) is 5.34. The molecule has 0 bridgehead atoms. The molecule has 152 valence electrons. The minimum atomic E-state index is -0.568. The highest BCUT2D eigenvalue weighted by molar-refractivity contribution is 6.31. The van der Waals surface area contributed by atoms with Crippen molar-refractivity contribution in [3.8, 4) is 0 Å². The number of halogens is 1. The fourth-order valence-electron chi connectivity index (χ4n) is 3.78. The molecule has 9 heteroatoms. The zero-order valence-corrected chi connectivity index (χ0v) is 16.9. The van der Waals surface area contributed by atoms with Gasteiger partial charge >= 0.3 is 5.97 Å². The zero-order chi connectivity index (χ0) is 20.7. The number of aryl methyl sites for hydroxylation is 1. The molecular formula is C20H22ClN5O3. The van der Waals surface area contributed by atoms with E-state index in [2.05, 4.69) is 15.7 Å². The van der Waals surface area contributed by atoms with Crippen molar-refractivity contribution in [2.24, 2.45) is 5.73 Å². The number of ether oxygens (including phenoxy) is 1. The summed E-state index contributed by atoms with van der Waals surface area (Å²) >= 11 is 6.35. The molecule has 0 radical (unpaired) electrons. The summed E-state index contributed by atoms with van der Waals surface area (Å²) in [5.41, 5.74) is 8.22. The number of carbonyl (C=O) groups excluding carboxylic acids is 2. The lowest BCUT2D eigenvalue weighted by atomic mass is 9.95. The van der Waals surface area contributed by atoms with Gasteiger partial charge in [0.2, 0.25) is 5.91 Å². The highest BCUT2D eigenvalue weighted by atomic mass is 35.5. The highest BCUT2D eigenvalue weighted by Gasteiger charge is 2.36. The van der Waals surface area contributed by atoms with Crippen molar-refractivity contribution in [3.05, 3.63) is 57.9 Å². The summed E-state index contributed by atoms with van der Waals surface area (Å²) in [7, 11) is 0. The zero-order valence-electron chi connectivity index (χ0n) is 16.1. The highest BCUT2D eigenvalue weighted by Crippen LogP contribution is 2.37. The summed E-state index contributed by atoms with van der Waals surface area (Å²) in [6, 6.07) is 6.55. The van der Waals surface area contributed by atoms with E-state index in [-0.39, 0.29) is 0 Å². The Kier molecular flexibility index (Phi) is 5.06. The van der Waals surface area contributed by atoms with Gasteiger partial charge in [-0.15, -0.1) is 0 Å². The molecule has 29 heavy (non-hydrogen) atoms. The number of amides is 1. The monoisotopic (exact) mass is 415 g/mol. The number of rotatable bonds is 4. The van der Waals surface area contributed by atoms with Gasteiger partial charge in [-0.2, -0.15) is 5.10 Å². The predicted molar refractivity (Wildman–Crippen MR) is 108 cm³/mol. The molecule has 0 saturated carbocycles. The van der Waals surface area contributed by atoms with Crippen LogP contribution < -0.4 is 16.4 Å². The molecule has 4 rings (SSSR count). The quantitative estimate of drug-likeness (QED) is 0.660. The van der Waals surface area contributed by atoms with Crippen LogP contribution in [-0.4, -0.2) is 33.9 Å². The number of hydrogen-bond acceptors (Lipinski definition) is 6. The Morgan fingerprint density at radius 3 is 2.76 bits per heavy atom. The van der Waals surface area contributed by atoms with Crippen LogP contribution in [-0.2, 0) is 14.3 Å². The number of fused-ring (bicyclic) bond motifs is 1. The van der Waals surface area contributed by atoms with Gasteiger partial charge in [0, 0.05) is 23.2 Å². The first-order valence-electron chi connectivity index (χ1n) is 9.39. The number of nitrogens with one attached hydrogen (secondary N) is 2. The molecule has 8 nitrogen and oxygen atoms in total. The molecular weight excluding hydrogens is 394 g/mol. The fraction of sp³-hybridized carbons (Fsp3) is 0.350. The van der Waals surface area contributed by atoms with Crippen LogP contribution in [0.2, 0.25) is 5.02 Å². The smallest absolute Gasteiger partial charge is 0.339 e. The predicted octanol–water partition coefficient (Wildman–Crippen LogP) is 2.24. The maximum absolute atomic E-state index is 13.2. The number of primary amides is 1. The first-order valence-corrected chi connectivity index (χ1v) is 9.76. The second-order valence-electron chi connectivity index (χ2n) is 7.33. The summed E-state index contributed by atoms with van der Waals surface area (Å²) in [4.78, 5) is 24.5. The van der Waals surface area contributed by atoms with Crippen molar-refractivity contribution in [2.45, 2.75) is 45.0 Å². The van der Waals surface area contributed by atoms with Crippen LogP contribution in [0.1, 0.15) is 36.9 Å². The van der Waals surface area contributed by atoms with Crippen LogP contribution in [0, 0.1) is 6.92 Å². The summed E-state index contributed by atoms with van der Waals surface area (Å²) in [5.74, 6) is -0.166. The van der Waals surface area contributed by atoms with Crippen molar-refractivity contribution >= 4 is 29.3 Å². The molecule has 2 aromatic rings. The second-order valence-corrected chi connectivity index (χ2v) is 7.74. The van der Waals surface area contributed by atoms with Gasteiger partial charge in [0.25, 0.3) is 0 Å². The van der Waals surface area contributed by atoms with Gasteiger partial charge in [0.15, 0.2) is 6.23 Å². The summed E-state index contributed by atoms with van der Waals surface area (Å²) in [6.07, 6.45) is 2.15. The Balaban J connectivity index is 1.67. The Morgan fingerprint density at radius 2 is 2.07 bits per heavy atom. The molecule has 2 aliphatic heterocycles. The topological polar surface area (TPSA) is 111 Å². The van der Waals surface area contributed by atoms with Gasteiger partial charge in [0.05, 0.1) is 17.8 Å². The van der Waals surface area contributed by atoms with Crippen LogP contribution in [0.15, 0.2) is 41.7 Å². The van der Waals surface area contributed by atoms with Gasteiger partial charge in [-0.1, -0.05) is 23.7 Å². The maximum Gasteiger partial charge on any atom is 0.339 e. The Hall–Kier alpha value is -2.84. The van der Waals surface area contributed by atoms with Gasteiger partial charge in [-0.3, -0.25) is 10.1 Å². The van der Waals surface area contributed by atoms with Gasteiger partial charge < -0.3 is 15.8 Å². The van der Waals surface area contributed by atoms with Crippen molar-refractivity contribution in [2.75, 3.05) is 5.32 Å². The van der Waals surface area contributed by atoms with Crippen LogP contribution >= 0.6 is 11.6 Å². The van der Waals surface area contributed by atoms with E-state index >= 15 is 0 Å². The van der Waals surface area contributed by atoms with Crippen molar-refractivity contribution in [1.82, 2.24) is 15.1 Å².